The van der Waals surface area contributed by atoms with Gasteiger partial charge < -0.3 is 4.74 Å². The van der Waals surface area contributed by atoms with Crippen molar-refractivity contribution in [3.05, 3.63) is 83.4 Å². The number of hydrogen-bond acceptors (Lipinski definition) is 5. The molecule has 2 aromatic carbocycles. The molecule has 2 heterocycles. The van der Waals surface area contributed by atoms with Gasteiger partial charge in [0.2, 0.25) is 0 Å². The molecule has 2 aromatic rings. The standard InChI is InChI=1S/C23H25NO2.CO2/c1-16-8-11-19(12-9-16)23(25)26-22(18-6-4-3-5-7-18)20-14-17-10-13-21(20)24(2)15-17;2-1-3/h3-13,17,20-22H,14-15H2,1-2H3;. The summed E-state index contributed by atoms with van der Waals surface area (Å²) in [7, 11) is 2.16. The third kappa shape index (κ3) is 4.89. The third-order valence-electron chi connectivity index (χ3n) is 5.66. The van der Waals surface area contributed by atoms with Crippen LogP contribution in [0.1, 0.15) is 34.0 Å². The van der Waals surface area contributed by atoms with Gasteiger partial charge in [-0.3, -0.25) is 4.90 Å². The second-order valence-corrected chi connectivity index (χ2v) is 7.66. The average molecular weight is 391 g/mol. The lowest BCUT2D eigenvalue weighted by Crippen LogP contribution is -2.50. The summed E-state index contributed by atoms with van der Waals surface area (Å²) in [6.45, 7) is 3.11. The summed E-state index contributed by atoms with van der Waals surface area (Å²) in [6.07, 6.45) is 5.69. The van der Waals surface area contributed by atoms with E-state index in [2.05, 4.69) is 36.2 Å². The van der Waals surface area contributed by atoms with Gasteiger partial charge in [0.1, 0.15) is 6.10 Å². The fourth-order valence-corrected chi connectivity index (χ4v) is 4.30. The number of hydrogen-bond donors (Lipinski definition) is 0. The zero-order valence-corrected chi connectivity index (χ0v) is 16.7. The predicted molar refractivity (Wildman–Crippen MR) is 108 cm³/mol. The van der Waals surface area contributed by atoms with E-state index in [0.717, 1.165) is 24.1 Å². The van der Waals surface area contributed by atoms with Crippen LogP contribution in [-0.4, -0.2) is 36.7 Å². The van der Waals surface area contributed by atoms with Crippen molar-refractivity contribution in [2.24, 2.45) is 11.8 Å². The molecule has 0 aromatic heterocycles. The maximum Gasteiger partial charge on any atom is 0.373 e. The minimum absolute atomic E-state index is 0.231. The molecule has 5 nitrogen and oxygen atoms in total. The first-order valence-corrected chi connectivity index (χ1v) is 9.74. The van der Waals surface area contributed by atoms with Gasteiger partial charge in [-0.1, -0.05) is 60.2 Å². The van der Waals surface area contributed by atoms with Crippen LogP contribution in [0.3, 0.4) is 0 Å². The highest BCUT2D eigenvalue weighted by atomic mass is 16.5. The molecule has 0 N–H and O–H groups in total. The number of fused-ring (bicyclic) bond motifs is 2. The Morgan fingerprint density at radius 1 is 1.07 bits per heavy atom. The predicted octanol–water partition coefficient (Wildman–Crippen LogP) is 3.82. The molecule has 0 radical (unpaired) electrons. The van der Waals surface area contributed by atoms with Crippen molar-refractivity contribution in [1.29, 1.82) is 0 Å². The van der Waals surface area contributed by atoms with Crippen molar-refractivity contribution in [1.82, 2.24) is 4.90 Å². The Balaban J connectivity index is 0.000000755. The lowest BCUT2D eigenvalue weighted by Gasteiger charge is -2.47. The number of likely N-dealkylation sites (N-methyl/N-ethyl adjacent to an activating group) is 1. The second-order valence-electron chi connectivity index (χ2n) is 7.66. The van der Waals surface area contributed by atoms with E-state index in [4.69, 9.17) is 14.3 Å². The first-order valence-electron chi connectivity index (χ1n) is 9.74. The maximum atomic E-state index is 12.8. The van der Waals surface area contributed by atoms with E-state index in [0.29, 0.717) is 17.5 Å². The van der Waals surface area contributed by atoms with Gasteiger partial charge in [0.05, 0.1) is 5.56 Å². The Bertz CT molecular complexity index is 885. The van der Waals surface area contributed by atoms with Crippen LogP contribution in [0.15, 0.2) is 66.7 Å². The molecule has 2 bridgehead atoms. The highest BCUT2D eigenvalue weighted by molar-refractivity contribution is 5.89. The molecule has 0 saturated carbocycles. The summed E-state index contributed by atoms with van der Waals surface area (Å²) in [4.78, 5) is 31.4. The van der Waals surface area contributed by atoms with Crippen molar-refractivity contribution >= 4 is 12.1 Å². The monoisotopic (exact) mass is 391 g/mol. The number of carbonyl (C=O) groups is 1. The molecule has 1 saturated heterocycles. The minimum Gasteiger partial charge on any atom is -0.454 e. The van der Waals surface area contributed by atoms with Gasteiger partial charge >= 0.3 is 12.1 Å². The molecule has 4 atom stereocenters. The van der Waals surface area contributed by atoms with Crippen molar-refractivity contribution in [3.63, 3.8) is 0 Å². The Hall–Kier alpha value is -3.01. The van der Waals surface area contributed by atoms with Crippen LogP contribution >= 0.6 is 0 Å². The Morgan fingerprint density at radius 3 is 2.31 bits per heavy atom. The fraction of sp³-hybridized carbons (Fsp3) is 0.333. The molecule has 1 aliphatic carbocycles. The third-order valence-corrected chi connectivity index (χ3v) is 5.66. The van der Waals surface area contributed by atoms with E-state index in [1.165, 1.54) is 0 Å². The van der Waals surface area contributed by atoms with Crippen molar-refractivity contribution in [2.45, 2.75) is 25.5 Å². The largest absolute Gasteiger partial charge is 0.454 e. The molecular weight excluding hydrogens is 366 g/mol. The highest BCUT2D eigenvalue weighted by Crippen LogP contribution is 2.42. The topological polar surface area (TPSA) is 63.7 Å². The quantitative estimate of drug-likeness (QED) is 0.586. The van der Waals surface area contributed by atoms with Crippen molar-refractivity contribution in [3.8, 4) is 0 Å². The molecule has 0 amide bonds. The van der Waals surface area contributed by atoms with Crippen LogP contribution < -0.4 is 0 Å². The summed E-state index contributed by atoms with van der Waals surface area (Å²) in [5.74, 6) is 0.576. The van der Waals surface area contributed by atoms with E-state index in [1.807, 2.05) is 49.4 Å². The maximum absolute atomic E-state index is 12.8. The first kappa shape index (κ1) is 20.7. The Kier molecular flexibility index (Phi) is 6.76. The molecule has 0 spiro atoms. The molecule has 2 aliphatic heterocycles. The van der Waals surface area contributed by atoms with Crippen LogP contribution in [0.4, 0.5) is 0 Å². The van der Waals surface area contributed by atoms with Crippen LogP contribution in [-0.2, 0) is 14.3 Å². The molecule has 5 heteroatoms. The fourth-order valence-electron chi connectivity index (χ4n) is 4.30. The lowest BCUT2D eigenvalue weighted by molar-refractivity contribution is -0.191. The number of ether oxygens (including phenoxy) is 1. The summed E-state index contributed by atoms with van der Waals surface area (Å²) in [5.41, 5.74) is 2.83. The van der Waals surface area contributed by atoms with Gasteiger partial charge in [-0.15, -0.1) is 0 Å². The van der Waals surface area contributed by atoms with Gasteiger partial charge in [-0.05, 0) is 44.0 Å². The lowest BCUT2D eigenvalue weighted by atomic mass is 9.73. The first-order chi connectivity index (χ1) is 14.0. The number of esters is 1. The van der Waals surface area contributed by atoms with Crippen LogP contribution in [0, 0.1) is 18.8 Å². The van der Waals surface area contributed by atoms with Crippen molar-refractivity contribution in [2.75, 3.05) is 13.6 Å². The summed E-state index contributed by atoms with van der Waals surface area (Å²) >= 11 is 0. The molecular formula is C24H25NO4. The Morgan fingerprint density at radius 2 is 1.72 bits per heavy atom. The van der Waals surface area contributed by atoms with E-state index in [1.54, 1.807) is 0 Å². The van der Waals surface area contributed by atoms with E-state index in [9.17, 15) is 4.79 Å². The number of carbonyl (C=O) groups excluding carboxylic acids is 3. The van der Waals surface area contributed by atoms with Crippen LogP contribution in [0.5, 0.6) is 0 Å². The zero-order chi connectivity index (χ0) is 20.8. The summed E-state index contributed by atoms with van der Waals surface area (Å²) in [6, 6.07) is 18.1. The number of benzene rings is 2. The van der Waals surface area contributed by atoms with E-state index in [-0.39, 0.29) is 24.1 Å². The van der Waals surface area contributed by atoms with Crippen LogP contribution in [0.2, 0.25) is 0 Å². The molecule has 4 unspecified atom stereocenters. The average Bonchev–Trinajstić information content (AvgIpc) is 2.73. The second kappa shape index (κ2) is 9.46. The van der Waals surface area contributed by atoms with Gasteiger partial charge in [0.15, 0.2) is 0 Å². The van der Waals surface area contributed by atoms with Gasteiger partial charge in [-0.25, -0.2) is 4.79 Å². The van der Waals surface area contributed by atoms with Gasteiger partial charge in [-0.2, -0.15) is 9.59 Å². The van der Waals surface area contributed by atoms with E-state index >= 15 is 0 Å². The SMILES string of the molecule is Cc1ccc(C(=O)OC(c2ccccc2)C2CC3C=CC2N(C)C3)cc1.O=C=O. The van der Waals surface area contributed by atoms with Crippen LogP contribution in [0.25, 0.3) is 0 Å². The normalized spacial score (nSPS) is 23.4. The number of nitrogens with zero attached hydrogens (tertiary/aromatic N) is 1. The number of aryl methyl sites for hydroxylation is 1. The molecule has 29 heavy (non-hydrogen) atoms. The molecule has 1 fully saturated rings. The van der Waals surface area contributed by atoms with Gasteiger partial charge in [0.25, 0.3) is 0 Å². The number of rotatable bonds is 4. The van der Waals surface area contributed by atoms with E-state index < -0.39 is 0 Å². The molecule has 5 rings (SSSR count). The molecule has 3 aliphatic rings. The van der Waals surface area contributed by atoms with Gasteiger partial charge in [0, 0.05) is 18.5 Å². The van der Waals surface area contributed by atoms with Crippen molar-refractivity contribution < 1.29 is 19.1 Å². The minimum atomic E-state index is -0.244. The smallest absolute Gasteiger partial charge is 0.373 e. The highest BCUT2D eigenvalue weighted by Gasteiger charge is 2.42. The summed E-state index contributed by atoms with van der Waals surface area (Å²) < 4.78 is 6.10. The summed E-state index contributed by atoms with van der Waals surface area (Å²) in [5, 5.41) is 0. The number of piperidine rings is 1. The Labute approximate surface area is 171 Å². The zero-order valence-electron chi connectivity index (χ0n) is 16.7. The molecule has 150 valence electrons.